The van der Waals surface area contributed by atoms with Gasteiger partial charge in [0.15, 0.2) is 0 Å². The van der Waals surface area contributed by atoms with E-state index in [1.807, 2.05) is 0 Å². The van der Waals surface area contributed by atoms with Crippen molar-refractivity contribution in [2.45, 2.75) is 13.0 Å². The van der Waals surface area contributed by atoms with Crippen molar-refractivity contribution in [1.82, 2.24) is 10.3 Å². The highest BCUT2D eigenvalue weighted by Crippen LogP contribution is 2.22. The second kappa shape index (κ2) is 7.41. The summed E-state index contributed by atoms with van der Waals surface area (Å²) < 4.78 is 5.14. The molecule has 0 radical (unpaired) electrons. The van der Waals surface area contributed by atoms with E-state index in [9.17, 15) is 14.4 Å². The van der Waals surface area contributed by atoms with Crippen LogP contribution in [0.25, 0.3) is 10.9 Å². The first kappa shape index (κ1) is 17.7. The van der Waals surface area contributed by atoms with Crippen molar-refractivity contribution in [2.75, 3.05) is 0 Å². The average Bonchev–Trinajstić information content (AvgIpc) is 3.04. The second-order valence-electron chi connectivity index (χ2n) is 5.65. The van der Waals surface area contributed by atoms with Gasteiger partial charge in [0.2, 0.25) is 0 Å². The number of H-pyrrole nitrogens is 1. The number of nitrogens with one attached hydrogen (secondary N) is 2. The second-order valence-corrected chi connectivity index (χ2v) is 6.09. The molecule has 0 saturated heterocycles. The summed E-state index contributed by atoms with van der Waals surface area (Å²) in [6.07, 6.45) is 1.44. The quantitative estimate of drug-likeness (QED) is 0.312. The van der Waals surface area contributed by atoms with Crippen molar-refractivity contribution >= 4 is 40.2 Å². The number of halogens is 1. The summed E-state index contributed by atoms with van der Waals surface area (Å²) in [5, 5.41) is 3.35. The van der Waals surface area contributed by atoms with E-state index in [4.69, 9.17) is 16.3 Å². The van der Waals surface area contributed by atoms with Crippen molar-refractivity contribution in [2.24, 2.45) is 0 Å². The van der Waals surface area contributed by atoms with Crippen LogP contribution in [0.4, 0.5) is 0 Å². The van der Waals surface area contributed by atoms with Crippen LogP contribution in [-0.2, 0) is 9.59 Å². The van der Waals surface area contributed by atoms with Crippen LogP contribution in [0.15, 0.2) is 54.7 Å². The Kier molecular flexibility index (Phi) is 5.04. The summed E-state index contributed by atoms with van der Waals surface area (Å²) in [5.74, 6) is -1.98. The first-order valence-electron chi connectivity index (χ1n) is 7.84. The number of benzene rings is 2. The first-order chi connectivity index (χ1) is 12.5. The van der Waals surface area contributed by atoms with Crippen LogP contribution in [0.1, 0.15) is 17.3 Å². The number of amides is 1. The molecular weight excluding hydrogens is 356 g/mol. The highest BCUT2D eigenvalue weighted by Gasteiger charge is 2.25. The molecule has 0 saturated carbocycles. The Morgan fingerprint density at radius 3 is 2.58 bits per heavy atom. The lowest BCUT2D eigenvalue weighted by Crippen LogP contribution is -2.43. The van der Waals surface area contributed by atoms with Crippen molar-refractivity contribution < 1.29 is 19.1 Å². The molecule has 1 aromatic heterocycles. The Labute approximate surface area is 154 Å². The van der Waals surface area contributed by atoms with Gasteiger partial charge in [-0.05, 0) is 37.3 Å². The SMILES string of the molecule is C[C@H](NC(=O)C(=O)c1c[nH]c2ccc(Cl)cc12)C(=O)Oc1ccccc1. The van der Waals surface area contributed by atoms with Crippen LogP contribution < -0.4 is 10.1 Å². The fraction of sp³-hybridized carbons (Fsp3) is 0.105. The van der Waals surface area contributed by atoms with Crippen molar-refractivity contribution in [3.8, 4) is 5.75 Å². The molecule has 1 heterocycles. The number of rotatable bonds is 5. The van der Waals surface area contributed by atoms with Gasteiger partial charge in [-0.2, -0.15) is 0 Å². The maximum absolute atomic E-state index is 12.4. The fourth-order valence-corrected chi connectivity index (χ4v) is 2.59. The Balaban J connectivity index is 1.69. The number of para-hydroxylation sites is 1. The van der Waals surface area contributed by atoms with Crippen LogP contribution in [0.3, 0.4) is 0 Å². The number of esters is 1. The smallest absolute Gasteiger partial charge is 0.333 e. The van der Waals surface area contributed by atoms with E-state index in [-0.39, 0.29) is 5.56 Å². The van der Waals surface area contributed by atoms with Gasteiger partial charge in [0, 0.05) is 22.1 Å². The molecule has 3 aromatic rings. The summed E-state index contributed by atoms with van der Waals surface area (Å²) >= 11 is 5.95. The molecule has 3 rings (SSSR count). The molecular formula is C19H15ClN2O4. The van der Waals surface area contributed by atoms with E-state index in [0.717, 1.165) is 0 Å². The van der Waals surface area contributed by atoms with Crippen molar-refractivity contribution in [1.29, 1.82) is 0 Å². The number of aromatic amines is 1. The number of Topliss-reactive ketones (excluding diaryl/α,β-unsaturated/α-hetero) is 1. The number of hydrogen-bond donors (Lipinski definition) is 2. The lowest BCUT2D eigenvalue weighted by atomic mass is 10.1. The van der Waals surface area contributed by atoms with E-state index in [1.165, 1.54) is 13.1 Å². The molecule has 0 aliphatic heterocycles. The number of ether oxygens (including phenoxy) is 1. The van der Waals surface area contributed by atoms with Gasteiger partial charge in [0.1, 0.15) is 11.8 Å². The van der Waals surface area contributed by atoms with Crippen molar-refractivity contribution in [3.05, 3.63) is 65.3 Å². The summed E-state index contributed by atoms with van der Waals surface area (Å²) in [6.45, 7) is 1.45. The van der Waals surface area contributed by atoms with Gasteiger partial charge in [-0.15, -0.1) is 0 Å². The number of aromatic nitrogens is 1. The van der Waals surface area contributed by atoms with Crippen LogP contribution in [-0.4, -0.2) is 28.7 Å². The van der Waals surface area contributed by atoms with Gasteiger partial charge in [-0.3, -0.25) is 9.59 Å². The predicted octanol–water partition coefficient (Wildman–Crippen LogP) is 3.11. The molecule has 2 aromatic carbocycles. The lowest BCUT2D eigenvalue weighted by molar-refractivity contribution is -0.138. The Morgan fingerprint density at radius 1 is 1.12 bits per heavy atom. The summed E-state index contributed by atoms with van der Waals surface area (Å²) in [7, 11) is 0. The molecule has 0 bridgehead atoms. The van der Waals surface area contributed by atoms with Crippen LogP contribution in [0, 0.1) is 0 Å². The van der Waals surface area contributed by atoms with Crippen LogP contribution in [0.5, 0.6) is 5.75 Å². The van der Waals surface area contributed by atoms with Gasteiger partial charge in [-0.1, -0.05) is 29.8 Å². The standard InChI is InChI=1S/C19H15ClN2O4/c1-11(19(25)26-13-5-3-2-4-6-13)22-18(24)17(23)15-10-21-16-8-7-12(20)9-14(15)16/h2-11,21H,1H3,(H,22,24)/t11-/m0/s1. The first-order valence-corrected chi connectivity index (χ1v) is 8.22. The minimum absolute atomic E-state index is 0.184. The zero-order valence-corrected chi connectivity index (χ0v) is 14.5. The lowest BCUT2D eigenvalue weighted by Gasteiger charge is -2.12. The zero-order valence-electron chi connectivity index (χ0n) is 13.8. The molecule has 7 heteroatoms. The monoisotopic (exact) mass is 370 g/mol. The Morgan fingerprint density at radius 2 is 1.85 bits per heavy atom. The normalized spacial score (nSPS) is 11.8. The molecule has 1 atom stereocenters. The summed E-state index contributed by atoms with van der Waals surface area (Å²) in [4.78, 5) is 39.6. The topological polar surface area (TPSA) is 88.3 Å². The van der Waals surface area contributed by atoms with Gasteiger partial charge < -0.3 is 15.0 Å². The van der Waals surface area contributed by atoms with E-state index < -0.39 is 23.7 Å². The number of carbonyl (C=O) groups is 3. The molecule has 0 fully saturated rings. The van der Waals surface area contributed by atoms with Gasteiger partial charge >= 0.3 is 5.97 Å². The highest BCUT2D eigenvalue weighted by atomic mass is 35.5. The van der Waals surface area contributed by atoms with Crippen molar-refractivity contribution in [3.63, 3.8) is 0 Å². The van der Waals surface area contributed by atoms with E-state index in [1.54, 1.807) is 48.5 Å². The molecule has 6 nitrogen and oxygen atoms in total. The molecule has 1 amide bonds. The largest absolute Gasteiger partial charge is 0.425 e. The molecule has 132 valence electrons. The Hall–Kier alpha value is -3.12. The van der Waals surface area contributed by atoms with Crippen LogP contribution in [0.2, 0.25) is 5.02 Å². The predicted molar refractivity (Wildman–Crippen MR) is 97.3 cm³/mol. The summed E-state index contributed by atoms with van der Waals surface area (Å²) in [5.41, 5.74) is 0.866. The number of carbonyl (C=O) groups excluding carboxylic acids is 3. The number of hydrogen-bond acceptors (Lipinski definition) is 4. The molecule has 2 N–H and O–H groups in total. The zero-order chi connectivity index (χ0) is 18.7. The minimum atomic E-state index is -0.986. The molecule has 0 spiro atoms. The van der Waals surface area contributed by atoms with Gasteiger partial charge in [-0.25, -0.2) is 4.79 Å². The third-order valence-electron chi connectivity index (χ3n) is 3.76. The van der Waals surface area contributed by atoms with E-state index >= 15 is 0 Å². The number of ketones is 1. The molecule has 0 unspecified atom stereocenters. The maximum Gasteiger partial charge on any atom is 0.333 e. The van der Waals surface area contributed by atoms with E-state index in [2.05, 4.69) is 10.3 Å². The molecule has 0 aliphatic rings. The molecule has 0 aliphatic carbocycles. The maximum atomic E-state index is 12.4. The van der Waals surface area contributed by atoms with Gasteiger partial charge in [0.05, 0.1) is 5.56 Å². The number of fused-ring (bicyclic) bond motifs is 1. The third-order valence-corrected chi connectivity index (χ3v) is 3.99. The average molecular weight is 371 g/mol. The Bertz CT molecular complexity index is 982. The fourth-order valence-electron chi connectivity index (χ4n) is 2.42. The van der Waals surface area contributed by atoms with E-state index in [0.29, 0.717) is 21.7 Å². The molecule has 26 heavy (non-hydrogen) atoms. The third kappa shape index (κ3) is 3.75. The minimum Gasteiger partial charge on any atom is -0.425 e. The van der Waals surface area contributed by atoms with Gasteiger partial charge in [0.25, 0.3) is 11.7 Å². The highest BCUT2D eigenvalue weighted by molar-refractivity contribution is 6.45. The van der Waals surface area contributed by atoms with Crippen LogP contribution >= 0.6 is 11.6 Å². The summed E-state index contributed by atoms with van der Waals surface area (Å²) in [6, 6.07) is 12.5.